The number of rotatable bonds is 9. The maximum Gasteiger partial charge on any atom is 0.152 e. The normalized spacial score (nSPS) is 11.5. The maximum atomic E-state index is 9.57. The van der Waals surface area contributed by atoms with Crippen molar-refractivity contribution in [1.29, 1.82) is 0 Å². The lowest BCUT2D eigenvalue weighted by molar-refractivity contribution is 0.271. The summed E-state index contributed by atoms with van der Waals surface area (Å²) in [5, 5.41) is 16.1. The first kappa shape index (κ1) is 25.6. The predicted octanol–water partition coefficient (Wildman–Crippen LogP) is 5.51. The first-order valence-corrected chi connectivity index (χ1v) is 11.0. The standard InChI is InChI=1S/C22H33N5O.C2H6/c1-8-15(12-28)24-22-19(14(5)6)27-20(17(9-2)25-22)16-10-11-18(13(3)4)26-21(16)23-7;1-2/h10-11,13,15,28H,5,8-9,12H2,1-4,6-7H3,(H,23,26)(H,24,25);1-2H3. The predicted molar refractivity (Wildman–Crippen MR) is 129 cm³/mol. The van der Waals surface area contributed by atoms with Crippen molar-refractivity contribution in [3.05, 3.63) is 35.8 Å². The molecule has 2 aromatic heterocycles. The average Bonchev–Trinajstić information content (AvgIpc) is 2.77. The second kappa shape index (κ2) is 12.3. The van der Waals surface area contributed by atoms with Gasteiger partial charge in [0.15, 0.2) is 5.82 Å². The van der Waals surface area contributed by atoms with Crippen molar-refractivity contribution >= 4 is 17.2 Å². The summed E-state index contributed by atoms with van der Waals surface area (Å²) < 4.78 is 0. The zero-order valence-corrected chi connectivity index (χ0v) is 19.9. The van der Waals surface area contributed by atoms with E-state index in [1.807, 2.05) is 40.8 Å². The number of anilines is 2. The maximum absolute atomic E-state index is 9.57. The topological polar surface area (TPSA) is 83.0 Å². The third-order valence-corrected chi connectivity index (χ3v) is 4.76. The fourth-order valence-corrected chi connectivity index (χ4v) is 2.98. The van der Waals surface area contributed by atoms with E-state index in [-0.39, 0.29) is 12.6 Å². The van der Waals surface area contributed by atoms with Gasteiger partial charge in [0.1, 0.15) is 11.5 Å². The Hall–Kier alpha value is -2.47. The summed E-state index contributed by atoms with van der Waals surface area (Å²) >= 11 is 0. The zero-order valence-electron chi connectivity index (χ0n) is 19.9. The highest BCUT2D eigenvalue weighted by Crippen LogP contribution is 2.32. The van der Waals surface area contributed by atoms with Gasteiger partial charge in [0, 0.05) is 18.3 Å². The molecule has 6 heteroatoms. The van der Waals surface area contributed by atoms with Gasteiger partial charge in [-0.25, -0.2) is 15.0 Å². The molecular formula is C24H39N5O. The molecule has 0 aliphatic heterocycles. The van der Waals surface area contributed by atoms with E-state index in [0.717, 1.165) is 46.9 Å². The molecule has 0 saturated heterocycles. The number of allylic oxidation sites excluding steroid dienone is 1. The number of hydrogen-bond acceptors (Lipinski definition) is 6. The first-order valence-electron chi connectivity index (χ1n) is 11.0. The van der Waals surface area contributed by atoms with Gasteiger partial charge in [-0.1, -0.05) is 48.1 Å². The molecule has 0 amide bonds. The van der Waals surface area contributed by atoms with Gasteiger partial charge in [0.2, 0.25) is 0 Å². The Labute approximate surface area is 182 Å². The van der Waals surface area contributed by atoms with Crippen LogP contribution in [-0.4, -0.2) is 39.8 Å². The number of aromatic nitrogens is 3. The average molecular weight is 414 g/mol. The van der Waals surface area contributed by atoms with E-state index in [1.54, 1.807) is 0 Å². The molecule has 0 aliphatic rings. The largest absolute Gasteiger partial charge is 0.394 e. The highest BCUT2D eigenvalue weighted by Gasteiger charge is 2.19. The van der Waals surface area contributed by atoms with Crippen LogP contribution in [0.2, 0.25) is 0 Å². The van der Waals surface area contributed by atoms with Crippen molar-refractivity contribution in [2.75, 3.05) is 24.3 Å². The monoisotopic (exact) mass is 413 g/mol. The molecule has 30 heavy (non-hydrogen) atoms. The highest BCUT2D eigenvalue weighted by molar-refractivity contribution is 5.78. The third kappa shape index (κ3) is 6.02. The number of aliphatic hydroxyl groups excluding tert-OH is 1. The van der Waals surface area contributed by atoms with Gasteiger partial charge >= 0.3 is 0 Å². The fourth-order valence-electron chi connectivity index (χ4n) is 2.98. The molecule has 2 rings (SSSR count). The first-order chi connectivity index (χ1) is 14.4. The van der Waals surface area contributed by atoms with Crippen LogP contribution in [0, 0.1) is 0 Å². The van der Waals surface area contributed by atoms with Crippen LogP contribution >= 0.6 is 0 Å². The minimum Gasteiger partial charge on any atom is -0.394 e. The van der Waals surface area contributed by atoms with E-state index >= 15 is 0 Å². The SMILES string of the molecule is C=C(C)c1nc(-c2ccc(C(C)C)nc2NC)c(CC)nc1NC(CC)CO.CC. The van der Waals surface area contributed by atoms with Crippen molar-refractivity contribution in [2.24, 2.45) is 0 Å². The Kier molecular flexibility index (Phi) is 10.5. The van der Waals surface area contributed by atoms with Crippen LogP contribution in [0.5, 0.6) is 0 Å². The minimum absolute atomic E-state index is 0.0432. The molecule has 1 atom stereocenters. The molecule has 166 valence electrons. The number of aryl methyl sites for hydroxylation is 1. The minimum atomic E-state index is -0.0668. The van der Waals surface area contributed by atoms with Crippen molar-refractivity contribution < 1.29 is 5.11 Å². The van der Waals surface area contributed by atoms with Gasteiger partial charge in [-0.2, -0.15) is 0 Å². The number of aliphatic hydroxyl groups is 1. The highest BCUT2D eigenvalue weighted by atomic mass is 16.3. The van der Waals surface area contributed by atoms with Crippen molar-refractivity contribution in [3.63, 3.8) is 0 Å². The van der Waals surface area contributed by atoms with Crippen LogP contribution in [0.25, 0.3) is 16.8 Å². The van der Waals surface area contributed by atoms with E-state index in [1.165, 1.54) is 0 Å². The lowest BCUT2D eigenvalue weighted by Crippen LogP contribution is -2.24. The molecule has 2 heterocycles. The number of hydrogen-bond donors (Lipinski definition) is 3. The second-order valence-corrected chi connectivity index (χ2v) is 7.32. The molecule has 3 N–H and O–H groups in total. The smallest absolute Gasteiger partial charge is 0.152 e. The Balaban J connectivity index is 0.00000218. The fraction of sp³-hybridized carbons (Fsp3) is 0.542. The zero-order chi connectivity index (χ0) is 22.8. The summed E-state index contributed by atoms with van der Waals surface area (Å²) in [4.78, 5) is 14.6. The van der Waals surface area contributed by atoms with Crippen molar-refractivity contribution in [2.45, 2.75) is 73.3 Å². The summed E-state index contributed by atoms with van der Waals surface area (Å²) in [7, 11) is 1.87. The van der Waals surface area contributed by atoms with Crippen LogP contribution in [0.4, 0.5) is 11.6 Å². The van der Waals surface area contributed by atoms with Crippen LogP contribution < -0.4 is 10.6 Å². The summed E-state index contributed by atoms with van der Waals surface area (Å²) in [5.41, 5.74) is 5.20. The van der Waals surface area contributed by atoms with Gasteiger partial charge in [0.25, 0.3) is 0 Å². The van der Waals surface area contributed by atoms with Gasteiger partial charge in [-0.15, -0.1) is 0 Å². The van der Waals surface area contributed by atoms with E-state index in [9.17, 15) is 5.11 Å². The lowest BCUT2D eigenvalue weighted by atomic mass is 10.0. The summed E-state index contributed by atoms with van der Waals surface area (Å²) in [6.07, 6.45) is 1.53. The molecule has 0 aliphatic carbocycles. The molecule has 0 aromatic carbocycles. The van der Waals surface area contributed by atoms with Gasteiger partial charge in [-0.05, 0) is 43.4 Å². The van der Waals surface area contributed by atoms with Crippen molar-refractivity contribution in [3.8, 4) is 11.3 Å². The summed E-state index contributed by atoms with van der Waals surface area (Å²) in [6, 6.07) is 4.05. The third-order valence-electron chi connectivity index (χ3n) is 4.76. The van der Waals surface area contributed by atoms with E-state index < -0.39 is 0 Å². The Bertz CT molecular complexity index is 829. The number of nitrogens with one attached hydrogen (secondary N) is 2. The Morgan fingerprint density at radius 3 is 2.23 bits per heavy atom. The van der Waals surface area contributed by atoms with Crippen LogP contribution in [-0.2, 0) is 6.42 Å². The van der Waals surface area contributed by atoms with Crippen LogP contribution in [0.15, 0.2) is 18.7 Å². The Morgan fingerprint density at radius 1 is 1.10 bits per heavy atom. The molecule has 2 aromatic rings. The molecule has 0 saturated carbocycles. The summed E-state index contributed by atoms with van der Waals surface area (Å²) in [5.74, 6) is 1.82. The molecule has 0 fully saturated rings. The molecule has 0 bridgehead atoms. The number of nitrogens with zero attached hydrogens (tertiary/aromatic N) is 3. The molecule has 0 radical (unpaired) electrons. The molecule has 0 spiro atoms. The van der Waals surface area contributed by atoms with Crippen LogP contribution in [0.1, 0.15) is 77.9 Å². The molecule has 6 nitrogen and oxygen atoms in total. The van der Waals surface area contributed by atoms with Gasteiger partial charge in [-0.3, -0.25) is 0 Å². The Morgan fingerprint density at radius 2 is 1.77 bits per heavy atom. The molecule has 1 unspecified atom stereocenters. The van der Waals surface area contributed by atoms with E-state index in [2.05, 4.69) is 44.1 Å². The van der Waals surface area contributed by atoms with E-state index in [4.69, 9.17) is 15.0 Å². The van der Waals surface area contributed by atoms with Gasteiger partial charge in [0.05, 0.1) is 24.0 Å². The van der Waals surface area contributed by atoms with E-state index in [0.29, 0.717) is 17.4 Å². The second-order valence-electron chi connectivity index (χ2n) is 7.32. The summed E-state index contributed by atoms with van der Waals surface area (Å²) in [6.45, 7) is 18.4. The van der Waals surface area contributed by atoms with Crippen molar-refractivity contribution in [1.82, 2.24) is 15.0 Å². The molecular weight excluding hydrogens is 374 g/mol. The van der Waals surface area contributed by atoms with Gasteiger partial charge < -0.3 is 15.7 Å². The quantitative estimate of drug-likeness (QED) is 0.503. The van der Waals surface area contributed by atoms with Crippen LogP contribution in [0.3, 0.4) is 0 Å². The number of pyridine rings is 1. The lowest BCUT2D eigenvalue weighted by Gasteiger charge is -2.20.